The quantitative estimate of drug-likeness (QED) is 0.0577. The first kappa shape index (κ1) is 39.9. The lowest BCUT2D eigenvalue weighted by Crippen LogP contribution is -2.18. The molecule has 3 aromatic rings. The molecule has 0 aliphatic carbocycles. The molecule has 2 N–H and O–H groups in total. The van der Waals surface area contributed by atoms with Crippen LogP contribution in [0.2, 0.25) is 0 Å². The minimum absolute atomic E-state index is 0.181. The molecule has 0 fully saturated rings. The summed E-state index contributed by atoms with van der Waals surface area (Å²) in [6.07, 6.45) is 27.2. The van der Waals surface area contributed by atoms with Gasteiger partial charge >= 0.3 is 7.60 Å². The van der Waals surface area contributed by atoms with Gasteiger partial charge in [-0.2, -0.15) is 0 Å². The predicted octanol–water partition coefficient (Wildman–Crippen LogP) is 11.2. The number of para-hydroxylation sites is 1. The summed E-state index contributed by atoms with van der Waals surface area (Å²) >= 11 is 0. The van der Waals surface area contributed by atoms with Gasteiger partial charge in [0.2, 0.25) is 0 Å². The van der Waals surface area contributed by atoms with Crippen LogP contribution in [-0.4, -0.2) is 38.8 Å². The zero-order valence-electron chi connectivity index (χ0n) is 30.1. The highest BCUT2D eigenvalue weighted by molar-refractivity contribution is 7.54. The molecule has 10 nitrogen and oxygen atoms in total. The van der Waals surface area contributed by atoms with Gasteiger partial charge < -0.3 is 19.7 Å². The van der Waals surface area contributed by atoms with Crippen molar-refractivity contribution in [3.63, 3.8) is 0 Å². The fourth-order valence-electron chi connectivity index (χ4n) is 6.23. The van der Waals surface area contributed by atoms with Gasteiger partial charge in [-0.1, -0.05) is 147 Å². The summed E-state index contributed by atoms with van der Waals surface area (Å²) in [4.78, 5) is 12.2. The number of nitrogens with zero attached hydrogens (tertiary/aromatic N) is 4. The van der Waals surface area contributed by atoms with E-state index in [1.54, 1.807) is 24.3 Å². The fraction of sp³-hybridized carbons (Fsp3) is 0.658. The van der Waals surface area contributed by atoms with Crippen LogP contribution in [0.15, 0.2) is 54.9 Å². The van der Waals surface area contributed by atoms with E-state index in [2.05, 4.69) is 21.9 Å². The third-order valence-corrected chi connectivity index (χ3v) is 10.6. The minimum Gasteiger partial charge on any atom is -0.423 e. The van der Waals surface area contributed by atoms with Crippen molar-refractivity contribution in [3.8, 4) is 5.75 Å². The number of anilines is 1. The lowest BCUT2D eigenvalue weighted by atomic mass is 10.0. The van der Waals surface area contributed by atoms with Crippen molar-refractivity contribution in [2.45, 2.75) is 148 Å². The molecule has 4 rings (SSSR count). The van der Waals surface area contributed by atoms with Crippen LogP contribution in [0.4, 0.5) is 10.2 Å². The third-order valence-electron chi connectivity index (χ3n) is 9.10. The van der Waals surface area contributed by atoms with Crippen LogP contribution in [0, 0.1) is 0 Å². The van der Waals surface area contributed by atoms with E-state index in [4.69, 9.17) is 24.3 Å². The van der Waals surface area contributed by atoms with Crippen molar-refractivity contribution < 1.29 is 27.5 Å². The van der Waals surface area contributed by atoms with E-state index in [9.17, 15) is 8.96 Å². The Balaban J connectivity index is 1.06. The maximum atomic E-state index is 15.0. The molecule has 1 aromatic carbocycles. The summed E-state index contributed by atoms with van der Waals surface area (Å²) in [5, 5.41) is 0. The average molecular weight is 716 g/mol. The zero-order chi connectivity index (χ0) is 35.3. The molecule has 0 radical (unpaired) electrons. The van der Waals surface area contributed by atoms with Crippen LogP contribution in [0.1, 0.15) is 142 Å². The molecule has 0 saturated heterocycles. The highest BCUT2D eigenvalue weighted by Crippen LogP contribution is 2.49. The average Bonchev–Trinajstić information content (AvgIpc) is 3.72. The topological polar surface area (TPSA) is 124 Å². The number of aromatic nitrogens is 4. The molecule has 0 saturated carbocycles. The standard InChI is InChI=1S/C38H59FN5O5P/c1-2-3-4-5-6-7-8-9-10-11-12-13-14-15-16-17-18-19-20-24-27-47-50(45,49-32-25-22-21-23-26-32)31-46-34-28-33(39)38(48-34)44-30-43-35-36(40)41-29-42-37(35)44/h21-23,25-26,28-30,34,38H,2-20,24,27,31H2,1H3,(H2,40,41,42). The largest absolute Gasteiger partial charge is 0.423 e. The molecule has 12 heteroatoms. The van der Waals surface area contributed by atoms with Crippen molar-refractivity contribution >= 4 is 24.6 Å². The Labute approximate surface area is 298 Å². The molecule has 1 aliphatic heterocycles. The maximum absolute atomic E-state index is 15.0. The predicted molar refractivity (Wildman–Crippen MR) is 197 cm³/mol. The Hall–Kier alpha value is -2.85. The summed E-state index contributed by atoms with van der Waals surface area (Å²) in [5.41, 5.74) is 6.52. The Morgan fingerprint density at radius 2 is 1.36 bits per heavy atom. The van der Waals surface area contributed by atoms with Crippen LogP contribution >= 0.6 is 7.60 Å². The van der Waals surface area contributed by atoms with E-state index < -0.39 is 32.3 Å². The van der Waals surface area contributed by atoms with Crippen molar-refractivity contribution in [2.75, 3.05) is 18.7 Å². The fourth-order valence-corrected chi connectivity index (χ4v) is 7.59. The summed E-state index contributed by atoms with van der Waals surface area (Å²) in [6, 6.07) is 8.81. The van der Waals surface area contributed by atoms with Crippen molar-refractivity contribution in [2.24, 2.45) is 0 Å². The Bertz CT molecular complexity index is 1440. The van der Waals surface area contributed by atoms with Gasteiger partial charge in [-0.05, 0) is 18.6 Å². The number of ether oxygens (including phenoxy) is 2. The van der Waals surface area contributed by atoms with Crippen molar-refractivity contribution in [1.29, 1.82) is 0 Å². The number of nitrogens with two attached hydrogens (primary N) is 1. The first-order valence-electron chi connectivity index (χ1n) is 19.0. The molecule has 2 aromatic heterocycles. The number of benzene rings is 1. The molecule has 3 heterocycles. The van der Waals surface area contributed by atoms with Gasteiger partial charge in [0, 0.05) is 6.08 Å². The van der Waals surface area contributed by atoms with E-state index in [0.29, 0.717) is 16.9 Å². The monoisotopic (exact) mass is 715 g/mol. The summed E-state index contributed by atoms with van der Waals surface area (Å²) < 4.78 is 53.2. The third kappa shape index (κ3) is 14.0. The van der Waals surface area contributed by atoms with Gasteiger partial charge in [0.15, 0.2) is 36.2 Å². The second-order valence-electron chi connectivity index (χ2n) is 13.4. The molecule has 3 unspecified atom stereocenters. The molecule has 0 bridgehead atoms. The van der Waals surface area contributed by atoms with Gasteiger partial charge in [-0.25, -0.2) is 23.9 Å². The van der Waals surface area contributed by atoms with Crippen molar-refractivity contribution in [3.05, 3.63) is 54.9 Å². The highest BCUT2D eigenvalue weighted by Gasteiger charge is 2.35. The van der Waals surface area contributed by atoms with Crippen LogP contribution in [0.3, 0.4) is 0 Å². The molecule has 278 valence electrons. The van der Waals surface area contributed by atoms with Gasteiger partial charge in [0.25, 0.3) is 0 Å². The maximum Gasteiger partial charge on any atom is 0.404 e. The van der Waals surface area contributed by atoms with Gasteiger partial charge in [-0.3, -0.25) is 9.09 Å². The van der Waals surface area contributed by atoms with Gasteiger partial charge in [0.05, 0.1) is 12.9 Å². The van der Waals surface area contributed by atoms with Gasteiger partial charge in [-0.15, -0.1) is 0 Å². The SMILES string of the molecule is CCCCCCCCCCCCCCCCCCCCCCOP(=O)(COC1C=C(F)C(n2cnc3c(N)ncnc32)O1)Oc1ccccc1. The second-order valence-corrected chi connectivity index (χ2v) is 15.3. The first-order chi connectivity index (χ1) is 24.5. The van der Waals surface area contributed by atoms with Crippen molar-refractivity contribution in [1.82, 2.24) is 19.5 Å². The number of hydrogen-bond donors (Lipinski definition) is 1. The Kier molecular flexibility index (Phi) is 18.3. The van der Waals surface area contributed by atoms with E-state index in [0.717, 1.165) is 19.3 Å². The molecule has 50 heavy (non-hydrogen) atoms. The zero-order valence-corrected chi connectivity index (χ0v) is 31.0. The summed E-state index contributed by atoms with van der Waals surface area (Å²) in [5.74, 6) is -0.0205. The van der Waals surface area contributed by atoms with Crippen LogP contribution in [0.25, 0.3) is 11.2 Å². The summed E-state index contributed by atoms with van der Waals surface area (Å²) in [7, 11) is -3.74. The Morgan fingerprint density at radius 1 is 0.800 bits per heavy atom. The van der Waals surface area contributed by atoms with E-state index in [1.807, 2.05) is 6.07 Å². The lowest BCUT2D eigenvalue weighted by molar-refractivity contribution is -0.130. The molecule has 0 spiro atoms. The number of rotatable bonds is 28. The number of imidazole rings is 1. The number of hydrogen-bond acceptors (Lipinski definition) is 9. The smallest absolute Gasteiger partial charge is 0.404 e. The van der Waals surface area contributed by atoms with E-state index in [-0.39, 0.29) is 12.4 Å². The van der Waals surface area contributed by atoms with Crippen LogP contribution in [-0.2, 0) is 18.6 Å². The normalized spacial score (nSPS) is 17.3. The summed E-state index contributed by atoms with van der Waals surface area (Å²) in [6.45, 7) is 2.55. The van der Waals surface area contributed by atoms with Gasteiger partial charge in [0.1, 0.15) is 17.6 Å². The number of fused-ring (bicyclic) bond motifs is 1. The van der Waals surface area contributed by atoms with Crippen LogP contribution < -0.4 is 10.3 Å². The number of halogens is 1. The van der Waals surface area contributed by atoms with Crippen LogP contribution in [0.5, 0.6) is 5.75 Å². The minimum atomic E-state index is -3.74. The number of unbranched alkanes of at least 4 members (excludes halogenated alkanes) is 19. The highest BCUT2D eigenvalue weighted by atomic mass is 31.2. The number of nitrogen functional groups attached to an aromatic ring is 1. The molecular formula is C38H59FN5O5P. The Morgan fingerprint density at radius 3 is 1.94 bits per heavy atom. The van der Waals surface area contributed by atoms with E-state index in [1.165, 1.54) is 132 Å². The molecule has 3 atom stereocenters. The van der Waals surface area contributed by atoms with E-state index >= 15 is 0 Å². The molecule has 1 aliphatic rings. The second kappa shape index (κ2) is 22.9. The first-order valence-corrected chi connectivity index (χ1v) is 20.8. The molecule has 0 amide bonds. The lowest BCUT2D eigenvalue weighted by Gasteiger charge is -2.21. The molecular weight excluding hydrogens is 656 g/mol.